The normalized spacial score (nSPS) is 12.8. The molecule has 0 saturated heterocycles. The first-order chi connectivity index (χ1) is 8.76. The van der Waals surface area contributed by atoms with Gasteiger partial charge in [0.2, 0.25) is 0 Å². The lowest BCUT2D eigenvalue weighted by molar-refractivity contribution is 0.610. The van der Waals surface area contributed by atoms with E-state index in [1.807, 2.05) is 22.7 Å². The molecule has 2 aromatic rings. The maximum Gasteiger partial charge on any atom is 0.0767 e. The molecule has 1 nitrogen and oxygen atoms in total. The van der Waals surface area contributed by atoms with Gasteiger partial charge in [0, 0.05) is 14.6 Å². The van der Waals surface area contributed by atoms with Crippen molar-refractivity contribution in [1.82, 2.24) is 5.32 Å². The smallest absolute Gasteiger partial charge is 0.0767 e. The Kier molecular flexibility index (Phi) is 4.98. The van der Waals surface area contributed by atoms with Crippen LogP contribution in [0.25, 0.3) is 0 Å². The van der Waals surface area contributed by atoms with Gasteiger partial charge in [-0.25, -0.2) is 0 Å². The Bertz CT molecular complexity index is 484. The molecule has 0 bridgehead atoms. The predicted molar refractivity (Wildman–Crippen MR) is 82.9 cm³/mol. The summed E-state index contributed by atoms with van der Waals surface area (Å²) in [6.45, 7) is 7.71. The first-order valence-corrected chi connectivity index (χ1v) is 8.31. The summed E-state index contributed by atoms with van der Waals surface area (Å²) in [5.74, 6) is 0. The van der Waals surface area contributed by atoms with Crippen molar-refractivity contribution in [2.24, 2.45) is 0 Å². The molecule has 2 heterocycles. The van der Waals surface area contributed by atoms with Crippen LogP contribution in [0.4, 0.5) is 0 Å². The fourth-order valence-corrected chi connectivity index (χ4v) is 4.24. The van der Waals surface area contributed by atoms with Gasteiger partial charge in [0.05, 0.1) is 6.04 Å². The van der Waals surface area contributed by atoms with Crippen LogP contribution < -0.4 is 5.32 Å². The molecule has 0 aliphatic carbocycles. The van der Waals surface area contributed by atoms with Crippen LogP contribution in [0.5, 0.6) is 0 Å². The quantitative estimate of drug-likeness (QED) is 0.803. The van der Waals surface area contributed by atoms with Gasteiger partial charge in [-0.2, -0.15) is 0 Å². The van der Waals surface area contributed by atoms with Gasteiger partial charge in [-0.3, -0.25) is 0 Å². The van der Waals surface area contributed by atoms with E-state index in [9.17, 15) is 0 Å². The molecule has 0 aliphatic rings. The molecule has 2 rings (SSSR count). The van der Waals surface area contributed by atoms with Crippen LogP contribution in [0.15, 0.2) is 23.6 Å². The van der Waals surface area contributed by atoms with Crippen LogP contribution in [-0.2, 0) is 6.42 Å². The fourth-order valence-electron chi connectivity index (χ4n) is 2.11. The summed E-state index contributed by atoms with van der Waals surface area (Å²) in [5, 5.41) is 5.91. The highest BCUT2D eigenvalue weighted by Crippen LogP contribution is 2.33. The van der Waals surface area contributed by atoms with Crippen LogP contribution in [0.1, 0.15) is 46.5 Å². The van der Waals surface area contributed by atoms with Gasteiger partial charge in [0.1, 0.15) is 0 Å². The highest BCUT2D eigenvalue weighted by molar-refractivity contribution is 7.13. The van der Waals surface area contributed by atoms with E-state index in [1.165, 1.54) is 26.6 Å². The molecule has 3 heteroatoms. The molecule has 0 saturated carbocycles. The Morgan fingerprint density at radius 2 is 2.06 bits per heavy atom. The van der Waals surface area contributed by atoms with Gasteiger partial charge in [-0.15, -0.1) is 22.7 Å². The van der Waals surface area contributed by atoms with E-state index < -0.39 is 0 Å². The summed E-state index contributed by atoms with van der Waals surface area (Å²) in [6.07, 6.45) is 2.29. The average molecular weight is 279 g/mol. The summed E-state index contributed by atoms with van der Waals surface area (Å²) < 4.78 is 0. The molecule has 0 aliphatic heterocycles. The van der Waals surface area contributed by atoms with Crippen molar-refractivity contribution < 1.29 is 0 Å². The van der Waals surface area contributed by atoms with Crippen molar-refractivity contribution in [3.63, 3.8) is 0 Å². The molecule has 0 aromatic carbocycles. The maximum atomic E-state index is 3.70. The molecule has 0 fully saturated rings. The zero-order valence-corrected chi connectivity index (χ0v) is 13.0. The van der Waals surface area contributed by atoms with Crippen LogP contribution in [0, 0.1) is 6.92 Å². The third kappa shape index (κ3) is 3.02. The first-order valence-electron chi connectivity index (χ1n) is 6.62. The molecule has 1 atom stereocenters. The molecular weight excluding hydrogens is 258 g/mol. The summed E-state index contributed by atoms with van der Waals surface area (Å²) in [6, 6.07) is 7.14. The molecule has 98 valence electrons. The first kappa shape index (κ1) is 13.8. The second-order valence-corrected chi connectivity index (χ2v) is 6.77. The Morgan fingerprint density at radius 3 is 2.67 bits per heavy atom. The fraction of sp³-hybridized carbons (Fsp3) is 0.467. The average Bonchev–Trinajstić information content (AvgIpc) is 2.99. The minimum absolute atomic E-state index is 0.388. The van der Waals surface area contributed by atoms with Crippen LogP contribution in [0.3, 0.4) is 0 Å². The van der Waals surface area contributed by atoms with Gasteiger partial charge in [-0.05, 0) is 55.5 Å². The Morgan fingerprint density at radius 1 is 1.22 bits per heavy atom. The molecular formula is C15H21NS2. The van der Waals surface area contributed by atoms with Crippen molar-refractivity contribution in [1.29, 1.82) is 0 Å². The van der Waals surface area contributed by atoms with E-state index in [0.717, 1.165) is 13.0 Å². The topological polar surface area (TPSA) is 12.0 Å². The van der Waals surface area contributed by atoms with E-state index in [1.54, 1.807) is 0 Å². The van der Waals surface area contributed by atoms with Gasteiger partial charge in [0.15, 0.2) is 0 Å². The number of nitrogens with one attached hydrogen (secondary N) is 1. The highest BCUT2D eigenvalue weighted by Gasteiger charge is 2.18. The van der Waals surface area contributed by atoms with Crippen molar-refractivity contribution in [2.45, 2.75) is 39.7 Å². The largest absolute Gasteiger partial charge is 0.305 e. The molecule has 2 aromatic heterocycles. The van der Waals surface area contributed by atoms with Gasteiger partial charge >= 0.3 is 0 Å². The number of hydrogen-bond acceptors (Lipinski definition) is 3. The molecule has 1 N–H and O–H groups in total. The van der Waals surface area contributed by atoms with Crippen LogP contribution in [-0.4, -0.2) is 6.54 Å². The van der Waals surface area contributed by atoms with Crippen molar-refractivity contribution >= 4 is 22.7 Å². The number of hydrogen-bond donors (Lipinski definition) is 1. The molecule has 0 amide bonds. The van der Waals surface area contributed by atoms with Crippen LogP contribution in [0.2, 0.25) is 0 Å². The van der Waals surface area contributed by atoms with E-state index in [-0.39, 0.29) is 0 Å². The molecule has 0 radical (unpaired) electrons. The lowest BCUT2D eigenvalue weighted by Crippen LogP contribution is -2.22. The van der Waals surface area contributed by atoms with Crippen molar-refractivity contribution in [3.05, 3.63) is 43.8 Å². The zero-order chi connectivity index (χ0) is 13.0. The van der Waals surface area contributed by atoms with E-state index in [0.29, 0.717) is 6.04 Å². The zero-order valence-electron chi connectivity index (χ0n) is 11.3. The second kappa shape index (κ2) is 6.50. The monoisotopic (exact) mass is 279 g/mol. The van der Waals surface area contributed by atoms with E-state index >= 15 is 0 Å². The molecule has 0 spiro atoms. The Labute approximate surface area is 118 Å². The SMILES string of the molecule is CCCNC(c1ccc(C)s1)c1sccc1CC. The second-order valence-electron chi connectivity index (χ2n) is 4.50. The third-order valence-electron chi connectivity index (χ3n) is 3.07. The summed E-state index contributed by atoms with van der Waals surface area (Å²) in [7, 11) is 0. The van der Waals surface area contributed by atoms with Gasteiger partial charge in [0.25, 0.3) is 0 Å². The minimum atomic E-state index is 0.388. The lowest BCUT2D eigenvalue weighted by atomic mass is 10.1. The van der Waals surface area contributed by atoms with Crippen molar-refractivity contribution in [3.8, 4) is 0 Å². The van der Waals surface area contributed by atoms with Crippen molar-refractivity contribution in [2.75, 3.05) is 6.54 Å². The number of rotatable bonds is 6. The van der Waals surface area contributed by atoms with E-state index in [2.05, 4.69) is 49.7 Å². The Hall–Kier alpha value is -0.640. The standard InChI is InChI=1S/C15H21NS2/c1-4-9-16-14(13-7-6-11(3)18-13)15-12(5-2)8-10-17-15/h6-8,10,14,16H,4-5,9H2,1-3H3. The summed E-state index contributed by atoms with van der Waals surface area (Å²) in [4.78, 5) is 4.33. The predicted octanol–water partition coefficient (Wildman–Crippen LogP) is 4.77. The number of aryl methyl sites for hydroxylation is 2. The Balaban J connectivity index is 2.30. The van der Waals surface area contributed by atoms with E-state index in [4.69, 9.17) is 0 Å². The van der Waals surface area contributed by atoms with Gasteiger partial charge in [-0.1, -0.05) is 13.8 Å². The number of thiophene rings is 2. The highest BCUT2D eigenvalue weighted by atomic mass is 32.1. The van der Waals surface area contributed by atoms with Gasteiger partial charge < -0.3 is 5.32 Å². The molecule has 1 unspecified atom stereocenters. The molecule has 18 heavy (non-hydrogen) atoms. The minimum Gasteiger partial charge on any atom is -0.305 e. The lowest BCUT2D eigenvalue weighted by Gasteiger charge is -2.17. The van der Waals surface area contributed by atoms with Crippen LogP contribution >= 0.6 is 22.7 Å². The maximum absolute atomic E-state index is 3.70. The third-order valence-corrected chi connectivity index (χ3v) is 5.16. The summed E-state index contributed by atoms with van der Waals surface area (Å²) in [5.41, 5.74) is 1.49. The summed E-state index contributed by atoms with van der Waals surface area (Å²) >= 11 is 3.79.